The smallest absolute Gasteiger partial charge is 0.255 e. The van der Waals surface area contributed by atoms with E-state index in [1.165, 1.54) is 11.3 Å². The average molecular weight is 297 g/mol. The van der Waals surface area contributed by atoms with Crippen molar-refractivity contribution in [1.29, 1.82) is 0 Å². The van der Waals surface area contributed by atoms with Crippen LogP contribution in [-0.2, 0) is 0 Å². The topological polar surface area (TPSA) is 39.3 Å². The maximum Gasteiger partial charge on any atom is 0.255 e. The molecule has 0 radical (unpaired) electrons. The van der Waals surface area contributed by atoms with E-state index in [2.05, 4.69) is 41.1 Å². The fourth-order valence-corrected chi connectivity index (χ4v) is 3.11. The van der Waals surface area contributed by atoms with Gasteiger partial charge in [0, 0.05) is 43.3 Å². The number of anilines is 1. The van der Waals surface area contributed by atoms with Crippen LogP contribution in [0.2, 0.25) is 0 Å². The highest BCUT2D eigenvalue weighted by atomic mass is 16.2. The summed E-state index contributed by atoms with van der Waals surface area (Å²) in [5.41, 5.74) is 5.33. The first-order valence-corrected chi connectivity index (χ1v) is 7.81. The van der Waals surface area contributed by atoms with Crippen molar-refractivity contribution in [1.82, 2.24) is 9.88 Å². The minimum Gasteiger partial charge on any atom is -0.368 e. The Labute approximate surface area is 131 Å². The lowest BCUT2D eigenvalue weighted by Gasteiger charge is -2.36. The number of carbonyl (C=O) groups excluding carboxylic acids is 1. The van der Waals surface area contributed by atoms with E-state index in [0.717, 1.165) is 43.1 Å². The molecule has 4 heteroatoms. The Morgan fingerprint density at radius 2 is 1.77 bits per heavy atom. The second-order valence-corrected chi connectivity index (χ2v) is 6.11. The van der Waals surface area contributed by atoms with Crippen molar-refractivity contribution >= 4 is 11.6 Å². The van der Waals surface area contributed by atoms with Gasteiger partial charge in [0.05, 0.1) is 5.56 Å². The number of piperazine rings is 1. The summed E-state index contributed by atoms with van der Waals surface area (Å²) < 4.78 is 0. The van der Waals surface area contributed by atoms with E-state index in [4.69, 9.17) is 0 Å². The van der Waals surface area contributed by atoms with Crippen LogP contribution < -0.4 is 4.90 Å². The number of hydrogen-bond donors (Lipinski definition) is 1. The van der Waals surface area contributed by atoms with E-state index >= 15 is 0 Å². The fraction of sp³-hybridized carbons (Fsp3) is 0.389. The lowest BCUT2D eigenvalue weighted by molar-refractivity contribution is 0.0746. The van der Waals surface area contributed by atoms with E-state index in [9.17, 15) is 4.79 Å². The van der Waals surface area contributed by atoms with E-state index in [1.54, 1.807) is 0 Å². The number of nitrogens with zero attached hydrogens (tertiary/aromatic N) is 2. The van der Waals surface area contributed by atoms with Crippen LogP contribution in [0.1, 0.15) is 27.3 Å². The number of aryl methyl sites for hydroxylation is 3. The van der Waals surface area contributed by atoms with Crippen molar-refractivity contribution in [3.63, 3.8) is 0 Å². The van der Waals surface area contributed by atoms with Gasteiger partial charge in [-0.2, -0.15) is 0 Å². The molecule has 1 N–H and O–H groups in total. The van der Waals surface area contributed by atoms with Crippen molar-refractivity contribution in [2.75, 3.05) is 31.1 Å². The van der Waals surface area contributed by atoms with Gasteiger partial charge in [-0.15, -0.1) is 0 Å². The molecule has 0 spiro atoms. The molecule has 2 aromatic rings. The Kier molecular flexibility index (Phi) is 3.92. The Morgan fingerprint density at radius 3 is 2.36 bits per heavy atom. The highest BCUT2D eigenvalue weighted by Crippen LogP contribution is 2.19. The zero-order valence-corrected chi connectivity index (χ0v) is 13.5. The minimum atomic E-state index is 0.144. The van der Waals surface area contributed by atoms with Gasteiger partial charge in [0.1, 0.15) is 0 Å². The molecule has 1 fully saturated rings. The first-order chi connectivity index (χ1) is 10.5. The van der Waals surface area contributed by atoms with Crippen molar-refractivity contribution in [3.8, 4) is 0 Å². The highest BCUT2D eigenvalue weighted by molar-refractivity contribution is 5.95. The summed E-state index contributed by atoms with van der Waals surface area (Å²) in [4.78, 5) is 20.1. The molecule has 1 aliphatic heterocycles. The molecule has 3 rings (SSSR count). The fourth-order valence-electron chi connectivity index (χ4n) is 3.11. The SMILES string of the molecule is Cc1cccc(N2CCN(C(=O)c3cc(C)[nH]c3C)CC2)c1. The number of rotatable bonds is 2. The molecule has 22 heavy (non-hydrogen) atoms. The molecule has 0 aliphatic carbocycles. The summed E-state index contributed by atoms with van der Waals surface area (Å²) in [5.74, 6) is 0.144. The molecule has 1 saturated heterocycles. The second-order valence-electron chi connectivity index (χ2n) is 6.11. The molecule has 4 nitrogen and oxygen atoms in total. The molecule has 116 valence electrons. The van der Waals surface area contributed by atoms with E-state index in [-0.39, 0.29) is 5.91 Å². The van der Waals surface area contributed by atoms with Gasteiger partial charge in [-0.1, -0.05) is 12.1 Å². The molecule has 1 aliphatic rings. The third-order valence-electron chi connectivity index (χ3n) is 4.31. The normalized spacial score (nSPS) is 15.2. The van der Waals surface area contributed by atoms with Gasteiger partial charge in [-0.25, -0.2) is 0 Å². The van der Waals surface area contributed by atoms with Crippen LogP contribution in [0.5, 0.6) is 0 Å². The van der Waals surface area contributed by atoms with Gasteiger partial charge in [-0.05, 0) is 44.5 Å². The predicted molar refractivity (Wildman–Crippen MR) is 89.6 cm³/mol. The van der Waals surface area contributed by atoms with Crippen LogP contribution in [0.3, 0.4) is 0 Å². The number of H-pyrrole nitrogens is 1. The molecule has 0 unspecified atom stereocenters. The van der Waals surface area contributed by atoms with Crippen molar-refractivity contribution in [3.05, 3.63) is 52.8 Å². The molecule has 0 saturated carbocycles. The molecule has 2 heterocycles. The van der Waals surface area contributed by atoms with Crippen LogP contribution in [0, 0.1) is 20.8 Å². The molecule has 1 aromatic heterocycles. The zero-order valence-electron chi connectivity index (χ0n) is 13.5. The van der Waals surface area contributed by atoms with Gasteiger partial charge < -0.3 is 14.8 Å². The van der Waals surface area contributed by atoms with Gasteiger partial charge in [0.15, 0.2) is 0 Å². The lowest BCUT2D eigenvalue weighted by Crippen LogP contribution is -2.48. The number of nitrogens with one attached hydrogen (secondary N) is 1. The number of benzene rings is 1. The first kappa shape index (κ1) is 14.7. The minimum absolute atomic E-state index is 0.144. The number of aromatic amines is 1. The van der Waals surface area contributed by atoms with Gasteiger partial charge in [0.25, 0.3) is 5.91 Å². The first-order valence-electron chi connectivity index (χ1n) is 7.81. The van der Waals surface area contributed by atoms with Crippen molar-refractivity contribution in [2.45, 2.75) is 20.8 Å². The Hall–Kier alpha value is -2.23. The van der Waals surface area contributed by atoms with Crippen molar-refractivity contribution < 1.29 is 4.79 Å². The van der Waals surface area contributed by atoms with Crippen molar-refractivity contribution in [2.24, 2.45) is 0 Å². The zero-order chi connectivity index (χ0) is 15.7. The summed E-state index contributed by atoms with van der Waals surface area (Å²) >= 11 is 0. The van der Waals surface area contributed by atoms with E-state index in [0.29, 0.717) is 0 Å². The Balaban J connectivity index is 1.67. The summed E-state index contributed by atoms with van der Waals surface area (Å²) in [6.45, 7) is 9.38. The van der Waals surface area contributed by atoms with Crippen LogP contribution in [0.25, 0.3) is 0 Å². The lowest BCUT2D eigenvalue weighted by atomic mass is 10.1. The van der Waals surface area contributed by atoms with Crippen LogP contribution in [0.15, 0.2) is 30.3 Å². The number of amides is 1. The van der Waals surface area contributed by atoms with Gasteiger partial charge in [0.2, 0.25) is 0 Å². The molecule has 1 amide bonds. The predicted octanol–water partition coefficient (Wildman–Crippen LogP) is 2.90. The third kappa shape index (κ3) is 2.86. The highest BCUT2D eigenvalue weighted by Gasteiger charge is 2.24. The standard InChI is InChI=1S/C18H23N3O/c1-13-5-4-6-16(11-13)20-7-9-21(10-8-20)18(22)17-12-14(2)19-15(17)3/h4-6,11-12,19H,7-10H2,1-3H3. The molecular formula is C18H23N3O. The van der Waals surface area contributed by atoms with Gasteiger partial charge >= 0.3 is 0 Å². The van der Waals surface area contributed by atoms with Gasteiger partial charge in [-0.3, -0.25) is 4.79 Å². The Bertz CT molecular complexity index is 681. The van der Waals surface area contributed by atoms with E-state index < -0.39 is 0 Å². The summed E-state index contributed by atoms with van der Waals surface area (Å²) in [7, 11) is 0. The average Bonchev–Trinajstić information content (AvgIpc) is 2.85. The quantitative estimate of drug-likeness (QED) is 0.926. The third-order valence-corrected chi connectivity index (χ3v) is 4.31. The maximum absolute atomic E-state index is 12.6. The molecular weight excluding hydrogens is 274 g/mol. The maximum atomic E-state index is 12.6. The van der Waals surface area contributed by atoms with Crippen LogP contribution in [0.4, 0.5) is 5.69 Å². The molecule has 0 atom stereocenters. The summed E-state index contributed by atoms with van der Waals surface area (Å²) in [6, 6.07) is 10.5. The van der Waals surface area contributed by atoms with Crippen LogP contribution >= 0.6 is 0 Å². The van der Waals surface area contributed by atoms with Crippen LogP contribution in [-0.4, -0.2) is 42.0 Å². The number of aromatic nitrogens is 1. The van der Waals surface area contributed by atoms with E-state index in [1.807, 2.05) is 24.8 Å². The molecule has 0 bridgehead atoms. The monoisotopic (exact) mass is 297 g/mol. The second kappa shape index (κ2) is 5.87. The number of carbonyl (C=O) groups is 1. The Morgan fingerprint density at radius 1 is 1.05 bits per heavy atom. The summed E-state index contributed by atoms with van der Waals surface area (Å²) in [5, 5.41) is 0. The summed E-state index contributed by atoms with van der Waals surface area (Å²) in [6.07, 6.45) is 0. The molecule has 1 aromatic carbocycles. The largest absolute Gasteiger partial charge is 0.368 e. The number of hydrogen-bond acceptors (Lipinski definition) is 2.